The van der Waals surface area contributed by atoms with Crippen molar-refractivity contribution in [2.24, 2.45) is 0 Å². The van der Waals surface area contributed by atoms with Crippen LogP contribution in [0.25, 0.3) is 11.3 Å². The maximum Gasteiger partial charge on any atom is 0.210 e. The summed E-state index contributed by atoms with van der Waals surface area (Å²) in [6.07, 6.45) is 0.714. The first-order valence-electron chi connectivity index (χ1n) is 6.30. The van der Waals surface area contributed by atoms with E-state index in [9.17, 15) is 4.79 Å². The van der Waals surface area contributed by atoms with E-state index in [0.29, 0.717) is 23.7 Å². The lowest BCUT2D eigenvalue weighted by molar-refractivity contribution is -0.121. The molecule has 0 aliphatic rings. The van der Waals surface area contributed by atoms with Gasteiger partial charge in [-0.3, -0.25) is 4.79 Å². The maximum absolute atomic E-state index is 11.0. The van der Waals surface area contributed by atoms with Crippen molar-refractivity contribution in [3.63, 3.8) is 0 Å². The van der Waals surface area contributed by atoms with Crippen molar-refractivity contribution in [3.8, 4) is 11.3 Å². The second-order valence-corrected chi connectivity index (χ2v) is 5.02. The molecule has 0 saturated carbocycles. The number of carbonyl (C=O) groups is 1. The first-order valence-corrected chi connectivity index (χ1v) is 6.68. The molecule has 1 aromatic heterocycles. The fraction of sp³-hybridized carbons (Fsp3) is 0.267. The van der Waals surface area contributed by atoms with Gasteiger partial charge in [0.05, 0.1) is 19.2 Å². The second-order valence-electron chi connectivity index (χ2n) is 4.58. The molecular formula is C15H16ClNO3. The van der Waals surface area contributed by atoms with Crippen molar-refractivity contribution in [2.75, 3.05) is 6.61 Å². The minimum absolute atomic E-state index is 0.0799. The smallest absolute Gasteiger partial charge is 0.210 e. The molecule has 5 heteroatoms. The molecule has 4 nitrogen and oxygen atoms in total. The number of amides is 1. The van der Waals surface area contributed by atoms with Gasteiger partial charge in [0.15, 0.2) is 0 Å². The molecule has 1 N–H and O–H groups in total. The topological polar surface area (TPSA) is 53.7 Å². The molecule has 0 fully saturated rings. The number of nitrogens with zero attached hydrogens (tertiary/aromatic N) is 1. The van der Waals surface area contributed by atoms with Crippen LogP contribution in [0.1, 0.15) is 12.7 Å². The quantitative estimate of drug-likeness (QED) is 0.833. The summed E-state index contributed by atoms with van der Waals surface area (Å²) < 4.78 is 5.71. The number of hydrogen-bond acceptors (Lipinski definition) is 3. The van der Waals surface area contributed by atoms with Crippen LogP contribution in [-0.2, 0) is 11.3 Å². The van der Waals surface area contributed by atoms with Gasteiger partial charge in [0.25, 0.3) is 0 Å². The summed E-state index contributed by atoms with van der Waals surface area (Å²) in [7, 11) is 0. The van der Waals surface area contributed by atoms with Gasteiger partial charge in [0.1, 0.15) is 11.5 Å². The third kappa shape index (κ3) is 3.40. The van der Waals surface area contributed by atoms with Crippen molar-refractivity contribution in [1.82, 2.24) is 4.90 Å². The van der Waals surface area contributed by atoms with Crippen LogP contribution in [0.2, 0.25) is 5.02 Å². The molecule has 0 unspecified atom stereocenters. The summed E-state index contributed by atoms with van der Waals surface area (Å²) in [6, 6.07) is 10.8. The zero-order chi connectivity index (χ0) is 14.5. The number of furan rings is 1. The fourth-order valence-electron chi connectivity index (χ4n) is 1.81. The van der Waals surface area contributed by atoms with E-state index in [2.05, 4.69) is 0 Å². The number of hydrogen-bond donors (Lipinski definition) is 1. The molecule has 1 heterocycles. The van der Waals surface area contributed by atoms with Gasteiger partial charge in [-0.15, -0.1) is 0 Å². The predicted octanol–water partition coefficient (Wildman–Crippen LogP) is 2.94. The second kappa shape index (κ2) is 6.59. The number of carbonyl (C=O) groups excluding carboxylic acids is 1. The Balaban J connectivity index is 2.12. The van der Waals surface area contributed by atoms with Crippen molar-refractivity contribution >= 4 is 18.0 Å². The first kappa shape index (κ1) is 14.6. The van der Waals surface area contributed by atoms with Crippen LogP contribution in [0.4, 0.5) is 0 Å². The van der Waals surface area contributed by atoms with Gasteiger partial charge in [-0.2, -0.15) is 0 Å². The Morgan fingerprint density at radius 2 is 2.00 bits per heavy atom. The van der Waals surface area contributed by atoms with E-state index in [1.165, 1.54) is 4.90 Å². The number of rotatable bonds is 6. The van der Waals surface area contributed by atoms with Crippen LogP contribution in [0.15, 0.2) is 40.8 Å². The lowest BCUT2D eigenvalue weighted by Crippen LogP contribution is -2.33. The third-order valence-electron chi connectivity index (χ3n) is 3.09. The molecule has 2 aromatic rings. The highest BCUT2D eigenvalue weighted by Crippen LogP contribution is 2.24. The summed E-state index contributed by atoms with van der Waals surface area (Å²) >= 11 is 5.84. The Bertz CT molecular complexity index is 565. The van der Waals surface area contributed by atoms with Crippen LogP contribution in [-0.4, -0.2) is 29.1 Å². The summed E-state index contributed by atoms with van der Waals surface area (Å²) in [5.41, 5.74) is 0.925. The van der Waals surface area contributed by atoms with E-state index in [0.717, 1.165) is 11.3 Å². The van der Waals surface area contributed by atoms with Crippen LogP contribution in [0, 0.1) is 0 Å². The Kier molecular flexibility index (Phi) is 4.82. The lowest BCUT2D eigenvalue weighted by atomic mass is 10.2. The van der Waals surface area contributed by atoms with Crippen molar-refractivity contribution < 1.29 is 14.3 Å². The average molecular weight is 294 g/mol. The van der Waals surface area contributed by atoms with Crippen molar-refractivity contribution in [2.45, 2.75) is 19.5 Å². The molecule has 2 rings (SSSR count). The molecule has 0 spiro atoms. The van der Waals surface area contributed by atoms with E-state index >= 15 is 0 Å². The van der Waals surface area contributed by atoms with E-state index in [4.69, 9.17) is 21.1 Å². The minimum Gasteiger partial charge on any atom is -0.459 e. The molecule has 20 heavy (non-hydrogen) atoms. The number of halogens is 1. The number of aliphatic hydroxyl groups is 1. The number of aliphatic hydroxyl groups excluding tert-OH is 1. The average Bonchev–Trinajstić information content (AvgIpc) is 2.93. The molecule has 1 amide bonds. The van der Waals surface area contributed by atoms with E-state index in [1.807, 2.05) is 24.3 Å². The molecule has 1 atom stereocenters. The standard InChI is InChI=1S/C15H16ClNO3/c1-11(9-18)17(10-19)8-14-6-7-15(20-14)12-2-4-13(16)5-3-12/h2-7,10-11,18H,8-9H2,1H3/t11-/m1/s1. The largest absolute Gasteiger partial charge is 0.459 e. The van der Waals surface area contributed by atoms with Crippen LogP contribution >= 0.6 is 11.6 Å². The van der Waals surface area contributed by atoms with Crippen LogP contribution in [0.5, 0.6) is 0 Å². The monoisotopic (exact) mass is 293 g/mol. The van der Waals surface area contributed by atoms with Crippen LogP contribution < -0.4 is 0 Å². The van der Waals surface area contributed by atoms with Gasteiger partial charge < -0.3 is 14.4 Å². The van der Waals surface area contributed by atoms with E-state index in [-0.39, 0.29) is 12.6 Å². The zero-order valence-electron chi connectivity index (χ0n) is 11.1. The highest BCUT2D eigenvalue weighted by Gasteiger charge is 2.13. The SMILES string of the molecule is C[C@H](CO)N(C=O)Cc1ccc(-c2ccc(Cl)cc2)o1. The molecular weight excluding hydrogens is 278 g/mol. The lowest BCUT2D eigenvalue weighted by Gasteiger charge is -2.21. The zero-order valence-corrected chi connectivity index (χ0v) is 11.9. The normalized spacial score (nSPS) is 12.2. The highest BCUT2D eigenvalue weighted by molar-refractivity contribution is 6.30. The molecule has 0 aliphatic heterocycles. The minimum atomic E-state index is -0.239. The van der Waals surface area contributed by atoms with Gasteiger partial charge in [0, 0.05) is 10.6 Å². The van der Waals surface area contributed by atoms with Gasteiger partial charge in [-0.1, -0.05) is 11.6 Å². The van der Waals surface area contributed by atoms with E-state index < -0.39 is 0 Å². The van der Waals surface area contributed by atoms with Gasteiger partial charge in [-0.05, 0) is 43.3 Å². The van der Waals surface area contributed by atoms with Gasteiger partial charge in [0.2, 0.25) is 6.41 Å². The molecule has 0 saturated heterocycles. The maximum atomic E-state index is 11.0. The van der Waals surface area contributed by atoms with Crippen LogP contribution in [0.3, 0.4) is 0 Å². The fourth-order valence-corrected chi connectivity index (χ4v) is 1.94. The molecule has 0 aliphatic carbocycles. The molecule has 106 valence electrons. The Labute approximate surface area is 122 Å². The summed E-state index contributed by atoms with van der Waals surface area (Å²) in [5.74, 6) is 1.39. The van der Waals surface area contributed by atoms with Crippen molar-refractivity contribution in [1.29, 1.82) is 0 Å². The Hall–Kier alpha value is -1.78. The molecule has 0 bridgehead atoms. The first-order chi connectivity index (χ1) is 9.63. The van der Waals surface area contributed by atoms with Crippen molar-refractivity contribution in [3.05, 3.63) is 47.2 Å². The highest BCUT2D eigenvalue weighted by atomic mass is 35.5. The predicted molar refractivity (Wildman–Crippen MR) is 77.3 cm³/mol. The Morgan fingerprint density at radius 3 is 2.60 bits per heavy atom. The van der Waals surface area contributed by atoms with Gasteiger partial charge in [-0.25, -0.2) is 0 Å². The Morgan fingerprint density at radius 1 is 1.30 bits per heavy atom. The summed E-state index contributed by atoms with van der Waals surface area (Å²) in [5, 5.41) is 9.75. The third-order valence-corrected chi connectivity index (χ3v) is 3.35. The summed E-state index contributed by atoms with van der Waals surface area (Å²) in [4.78, 5) is 12.5. The number of benzene rings is 1. The molecule has 1 aromatic carbocycles. The van der Waals surface area contributed by atoms with Gasteiger partial charge >= 0.3 is 0 Å². The van der Waals surface area contributed by atoms with E-state index in [1.54, 1.807) is 19.1 Å². The molecule has 0 radical (unpaired) electrons. The summed E-state index contributed by atoms with van der Waals surface area (Å²) in [6.45, 7) is 2.03.